The number of carbonyl (C=O) groups is 2. The van der Waals surface area contributed by atoms with Crippen LogP contribution in [-0.2, 0) is 16.1 Å². The first-order valence-electron chi connectivity index (χ1n) is 10.5. The van der Waals surface area contributed by atoms with E-state index in [2.05, 4.69) is 24.5 Å². The Morgan fingerprint density at radius 2 is 1.78 bits per heavy atom. The molecule has 4 bridgehead atoms. The van der Waals surface area contributed by atoms with E-state index in [1.807, 2.05) is 12.1 Å². The minimum atomic E-state index is -0.472. The second kappa shape index (κ2) is 7.33. The van der Waals surface area contributed by atoms with Gasteiger partial charge in [-0.3, -0.25) is 9.59 Å². The van der Waals surface area contributed by atoms with Gasteiger partial charge in [-0.15, -0.1) is 0 Å². The van der Waals surface area contributed by atoms with E-state index in [1.165, 1.54) is 19.3 Å². The molecule has 1 aromatic rings. The van der Waals surface area contributed by atoms with Gasteiger partial charge in [0.15, 0.2) is 0 Å². The van der Waals surface area contributed by atoms with Crippen molar-refractivity contribution in [2.24, 2.45) is 29.1 Å². The minimum absolute atomic E-state index is 0.113. The summed E-state index contributed by atoms with van der Waals surface area (Å²) in [5.74, 6) is 3.23. The van der Waals surface area contributed by atoms with Crippen molar-refractivity contribution in [3.63, 3.8) is 0 Å². The summed E-state index contributed by atoms with van der Waals surface area (Å²) in [5.41, 5.74) is -0.217. The zero-order valence-electron chi connectivity index (χ0n) is 16.5. The Bertz CT molecular complexity index is 644. The molecule has 4 aliphatic rings. The lowest BCUT2D eigenvalue weighted by Gasteiger charge is -2.55. The van der Waals surface area contributed by atoms with Crippen LogP contribution in [0.5, 0.6) is 0 Å². The first kappa shape index (κ1) is 18.6. The highest BCUT2D eigenvalue weighted by Crippen LogP contribution is 2.60. The van der Waals surface area contributed by atoms with Crippen LogP contribution in [0.2, 0.25) is 0 Å². The van der Waals surface area contributed by atoms with E-state index in [4.69, 9.17) is 4.42 Å². The molecule has 5 nitrogen and oxygen atoms in total. The first-order chi connectivity index (χ1) is 12.9. The summed E-state index contributed by atoms with van der Waals surface area (Å²) in [6.45, 7) is 4.53. The number of hydrogen-bond donors (Lipinski definition) is 2. The van der Waals surface area contributed by atoms with Gasteiger partial charge in [0, 0.05) is 5.41 Å². The molecule has 5 rings (SSSR count). The summed E-state index contributed by atoms with van der Waals surface area (Å²) >= 11 is 0. The molecule has 4 saturated carbocycles. The molecule has 0 spiro atoms. The molecule has 0 saturated heterocycles. The quantitative estimate of drug-likeness (QED) is 0.767. The third-order valence-corrected chi connectivity index (χ3v) is 6.87. The summed E-state index contributed by atoms with van der Waals surface area (Å²) in [7, 11) is 0. The van der Waals surface area contributed by atoms with Gasteiger partial charge in [0.2, 0.25) is 11.8 Å². The highest BCUT2D eigenvalue weighted by molar-refractivity contribution is 5.90. The van der Waals surface area contributed by atoms with Gasteiger partial charge in [-0.2, -0.15) is 0 Å². The van der Waals surface area contributed by atoms with Gasteiger partial charge < -0.3 is 15.1 Å². The molecular formula is C22H32N2O3. The number of amides is 2. The molecule has 1 aromatic heterocycles. The Kier molecular flexibility index (Phi) is 5.04. The Balaban J connectivity index is 1.41. The van der Waals surface area contributed by atoms with E-state index < -0.39 is 6.04 Å². The Morgan fingerprint density at radius 3 is 2.30 bits per heavy atom. The van der Waals surface area contributed by atoms with Crippen LogP contribution in [0.15, 0.2) is 22.8 Å². The fraction of sp³-hybridized carbons (Fsp3) is 0.727. The van der Waals surface area contributed by atoms with Crippen LogP contribution in [-0.4, -0.2) is 17.9 Å². The molecule has 148 valence electrons. The summed E-state index contributed by atoms with van der Waals surface area (Å²) in [5, 5.41) is 6.08. The highest BCUT2D eigenvalue weighted by Gasteiger charge is 2.54. The van der Waals surface area contributed by atoms with Crippen molar-refractivity contribution in [2.45, 2.75) is 71.4 Å². The number of furan rings is 1. The summed E-state index contributed by atoms with van der Waals surface area (Å²) < 4.78 is 5.29. The SMILES string of the molecule is CC(C)C[C@H](NC(=O)C12CC3CC(CC(C3)C1)C2)C(=O)NCc1ccco1. The van der Waals surface area contributed by atoms with Gasteiger partial charge in [0.25, 0.3) is 0 Å². The molecule has 0 aliphatic heterocycles. The monoisotopic (exact) mass is 372 g/mol. The van der Waals surface area contributed by atoms with Gasteiger partial charge in [0.1, 0.15) is 11.8 Å². The normalized spacial score (nSPS) is 32.5. The predicted octanol–water partition coefficient (Wildman–Crippen LogP) is 3.64. The van der Waals surface area contributed by atoms with E-state index in [1.54, 1.807) is 6.26 Å². The molecule has 2 N–H and O–H groups in total. The second-order valence-corrected chi connectivity index (χ2v) is 9.65. The summed E-state index contributed by atoms with van der Waals surface area (Å²) in [6.07, 6.45) is 9.25. The van der Waals surface area contributed by atoms with E-state index in [0.29, 0.717) is 18.9 Å². The van der Waals surface area contributed by atoms with Crippen LogP contribution in [0.3, 0.4) is 0 Å². The van der Waals surface area contributed by atoms with Crippen molar-refractivity contribution in [3.8, 4) is 0 Å². The van der Waals surface area contributed by atoms with Crippen LogP contribution in [0.4, 0.5) is 0 Å². The number of carbonyl (C=O) groups excluding carboxylic acids is 2. The van der Waals surface area contributed by atoms with Gasteiger partial charge in [0.05, 0.1) is 12.8 Å². The summed E-state index contributed by atoms with van der Waals surface area (Å²) in [6, 6.07) is 3.17. The molecule has 1 heterocycles. The Labute approximate surface area is 161 Å². The van der Waals surface area contributed by atoms with Crippen LogP contribution in [0, 0.1) is 29.1 Å². The minimum Gasteiger partial charge on any atom is -0.467 e. The third kappa shape index (κ3) is 3.92. The topological polar surface area (TPSA) is 71.3 Å². The van der Waals surface area contributed by atoms with Crippen molar-refractivity contribution in [1.29, 1.82) is 0 Å². The lowest BCUT2D eigenvalue weighted by Crippen LogP contribution is -2.57. The zero-order chi connectivity index (χ0) is 19.0. The second-order valence-electron chi connectivity index (χ2n) is 9.65. The van der Waals surface area contributed by atoms with Crippen LogP contribution in [0.25, 0.3) is 0 Å². The van der Waals surface area contributed by atoms with Crippen molar-refractivity contribution in [1.82, 2.24) is 10.6 Å². The number of hydrogen-bond acceptors (Lipinski definition) is 3. The average Bonchev–Trinajstić information content (AvgIpc) is 3.11. The Morgan fingerprint density at radius 1 is 1.15 bits per heavy atom. The van der Waals surface area contributed by atoms with Crippen molar-refractivity contribution < 1.29 is 14.0 Å². The molecule has 0 radical (unpaired) electrons. The average molecular weight is 373 g/mol. The zero-order valence-corrected chi connectivity index (χ0v) is 16.5. The molecule has 0 aromatic carbocycles. The molecule has 5 heteroatoms. The first-order valence-corrected chi connectivity index (χ1v) is 10.5. The highest BCUT2D eigenvalue weighted by atomic mass is 16.3. The van der Waals surface area contributed by atoms with Crippen LogP contribution >= 0.6 is 0 Å². The van der Waals surface area contributed by atoms with Crippen molar-refractivity contribution >= 4 is 11.8 Å². The maximum Gasteiger partial charge on any atom is 0.242 e. The molecule has 0 unspecified atom stereocenters. The number of nitrogens with one attached hydrogen (secondary N) is 2. The molecule has 4 aliphatic carbocycles. The van der Waals surface area contributed by atoms with Gasteiger partial charge in [-0.05, 0) is 80.8 Å². The molecule has 1 atom stereocenters. The van der Waals surface area contributed by atoms with Crippen molar-refractivity contribution in [2.75, 3.05) is 0 Å². The third-order valence-electron chi connectivity index (χ3n) is 6.87. The smallest absolute Gasteiger partial charge is 0.242 e. The lowest BCUT2D eigenvalue weighted by atomic mass is 9.49. The Hall–Kier alpha value is -1.78. The maximum absolute atomic E-state index is 13.3. The predicted molar refractivity (Wildman–Crippen MR) is 103 cm³/mol. The lowest BCUT2D eigenvalue weighted by molar-refractivity contribution is -0.148. The standard InChI is InChI=1S/C22H32N2O3/c1-14(2)6-19(20(25)23-13-18-4-3-5-27-18)24-21(26)22-10-15-7-16(11-22)9-17(8-15)12-22/h3-5,14-17,19H,6-13H2,1-2H3,(H,23,25)(H,24,26)/t15?,16?,17?,19-,22?/m0/s1. The van der Waals surface area contributed by atoms with E-state index >= 15 is 0 Å². The van der Waals surface area contributed by atoms with E-state index in [0.717, 1.165) is 42.8 Å². The molecule has 27 heavy (non-hydrogen) atoms. The van der Waals surface area contributed by atoms with E-state index in [-0.39, 0.29) is 17.2 Å². The molecule has 2 amide bonds. The van der Waals surface area contributed by atoms with E-state index in [9.17, 15) is 9.59 Å². The van der Waals surface area contributed by atoms with Gasteiger partial charge in [-0.25, -0.2) is 0 Å². The largest absolute Gasteiger partial charge is 0.467 e. The fourth-order valence-electron chi connectivity index (χ4n) is 6.11. The summed E-state index contributed by atoms with van der Waals surface area (Å²) in [4.78, 5) is 26.1. The molecule has 4 fully saturated rings. The fourth-order valence-corrected chi connectivity index (χ4v) is 6.11. The maximum atomic E-state index is 13.3. The number of rotatable bonds is 7. The van der Waals surface area contributed by atoms with Gasteiger partial charge >= 0.3 is 0 Å². The molecular weight excluding hydrogens is 340 g/mol. The van der Waals surface area contributed by atoms with Crippen molar-refractivity contribution in [3.05, 3.63) is 24.2 Å². The van der Waals surface area contributed by atoms with Crippen LogP contribution in [0.1, 0.15) is 64.6 Å². The van der Waals surface area contributed by atoms with Gasteiger partial charge in [-0.1, -0.05) is 13.8 Å². The van der Waals surface area contributed by atoms with Crippen LogP contribution < -0.4 is 10.6 Å².